The van der Waals surface area contributed by atoms with Crippen molar-refractivity contribution in [2.75, 3.05) is 19.0 Å². The Morgan fingerprint density at radius 1 is 1.47 bits per heavy atom. The first kappa shape index (κ1) is 13.6. The lowest BCUT2D eigenvalue weighted by Gasteiger charge is -2.11. The second-order valence-electron chi connectivity index (χ2n) is 2.91. The molecule has 0 N–H and O–H groups in total. The van der Waals surface area contributed by atoms with Crippen LogP contribution in [-0.2, 0) is 13.6 Å². The van der Waals surface area contributed by atoms with E-state index >= 15 is 0 Å². The van der Waals surface area contributed by atoms with Gasteiger partial charge in [-0.15, -0.1) is 0 Å². The van der Waals surface area contributed by atoms with E-state index in [2.05, 4.69) is 11.7 Å². The van der Waals surface area contributed by atoms with E-state index in [1.807, 2.05) is 0 Å². The third kappa shape index (κ3) is 4.49. The molecule has 0 saturated carbocycles. The molecule has 1 atom stereocenters. The highest BCUT2D eigenvalue weighted by Crippen LogP contribution is 2.52. The van der Waals surface area contributed by atoms with Gasteiger partial charge in [-0.3, -0.25) is 9.05 Å². The minimum atomic E-state index is -3.25. The van der Waals surface area contributed by atoms with Gasteiger partial charge in [0.25, 0.3) is 0 Å². The van der Waals surface area contributed by atoms with Crippen molar-refractivity contribution in [2.24, 2.45) is 4.76 Å². The fraction of sp³-hybridized carbons (Fsp3) is 0.875. The Morgan fingerprint density at radius 3 is 2.47 bits per heavy atom. The second kappa shape index (κ2) is 6.30. The summed E-state index contributed by atoms with van der Waals surface area (Å²) >= 11 is 3.23. The largest absolute Gasteiger partial charge is 0.455 e. The molecule has 1 fully saturated rings. The Bertz CT molecular complexity index is 275. The SMILES string of the molecule is CCOP(=O)(/N=C1\SCC(C)S1)OCC. The molecule has 88 valence electrons. The molecule has 4 nitrogen and oxygen atoms in total. The van der Waals surface area contributed by atoms with E-state index in [1.54, 1.807) is 37.4 Å². The van der Waals surface area contributed by atoms with Gasteiger partial charge in [-0.05, 0) is 13.8 Å². The molecule has 1 aliphatic heterocycles. The fourth-order valence-electron chi connectivity index (χ4n) is 1.00. The molecule has 0 aliphatic carbocycles. The van der Waals surface area contributed by atoms with E-state index in [9.17, 15) is 4.57 Å². The van der Waals surface area contributed by atoms with Crippen LogP contribution >= 0.6 is 31.3 Å². The van der Waals surface area contributed by atoms with Gasteiger partial charge in [0.05, 0.1) is 13.2 Å². The molecule has 1 rings (SSSR count). The van der Waals surface area contributed by atoms with Crippen LogP contribution in [0.3, 0.4) is 0 Å². The third-order valence-electron chi connectivity index (χ3n) is 1.53. The molecule has 0 aromatic rings. The maximum absolute atomic E-state index is 12.0. The van der Waals surface area contributed by atoms with Gasteiger partial charge in [-0.25, -0.2) is 4.57 Å². The lowest BCUT2D eigenvalue weighted by atomic mass is 10.6. The summed E-state index contributed by atoms with van der Waals surface area (Å²) in [7, 11) is -3.25. The van der Waals surface area contributed by atoms with E-state index in [1.165, 1.54) is 0 Å². The van der Waals surface area contributed by atoms with Gasteiger partial charge in [-0.1, -0.05) is 30.4 Å². The van der Waals surface area contributed by atoms with Crippen LogP contribution in [0.15, 0.2) is 4.76 Å². The van der Waals surface area contributed by atoms with Crippen molar-refractivity contribution in [1.29, 1.82) is 0 Å². The van der Waals surface area contributed by atoms with Gasteiger partial charge >= 0.3 is 7.75 Å². The van der Waals surface area contributed by atoms with Gasteiger partial charge in [-0.2, -0.15) is 4.76 Å². The third-order valence-corrected chi connectivity index (χ3v) is 6.14. The fourth-order valence-corrected chi connectivity index (χ4v) is 5.23. The van der Waals surface area contributed by atoms with Crippen LogP contribution < -0.4 is 0 Å². The zero-order chi connectivity index (χ0) is 11.3. The maximum atomic E-state index is 12.0. The topological polar surface area (TPSA) is 47.9 Å². The van der Waals surface area contributed by atoms with Crippen molar-refractivity contribution in [3.63, 3.8) is 0 Å². The smallest absolute Gasteiger partial charge is 0.291 e. The number of thioether (sulfide) groups is 2. The summed E-state index contributed by atoms with van der Waals surface area (Å²) < 4.78 is 27.1. The molecule has 1 unspecified atom stereocenters. The molecule has 1 aliphatic rings. The van der Waals surface area contributed by atoms with Crippen LogP contribution in [0.2, 0.25) is 0 Å². The molecule has 0 spiro atoms. The molecule has 0 radical (unpaired) electrons. The van der Waals surface area contributed by atoms with Crippen molar-refractivity contribution in [3.8, 4) is 0 Å². The van der Waals surface area contributed by atoms with Crippen molar-refractivity contribution in [3.05, 3.63) is 0 Å². The highest BCUT2D eigenvalue weighted by atomic mass is 32.2. The molecule has 0 bridgehead atoms. The lowest BCUT2D eigenvalue weighted by molar-refractivity contribution is 0.221. The van der Waals surface area contributed by atoms with Crippen LogP contribution in [0.5, 0.6) is 0 Å². The Kier molecular flexibility index (Phi) is 5.71. The normalized spacial score (nSPS) is 25.0. The molecule has 15 heavy (non-hydrogen) atoms. The number of nitrogens with zero attached hydrogens (tertiary/aromatic N) is 1. The first-order chi connectivity index (χ1) is 7.09. The summed E-state index contributed by atoms with van der Waals surface area (Å²) in [5.41, 5.74) is 0. The minimum Gasteiger partial charge on any atom is -0.291 e. The van der Waals surface area contributed by atoms with Crippen LogP contribution in [0.25, 0.3) is 0 Å². The van der Waals surface area contributed by atoms with Gasteiger partial charge in [0.15, 0.2) is 0 Å². The summed E-state index contributed by atoms with van der Waals surface area (Å²) in [6.07, 6.45) is 0. The average Bonchev–Trinajstić information content (AvgIpc) is 2.51. The Balaban J connectivity index is 2.69. The van der Waals surface area contributed by atoms with E-state index in [0.717, 1.165) is 10.1 Å². The minimum absolute atomic E-state index is 0.346. The van der Waals surface area contributed by atoms with E-state index in [0.29, 0.717) is 18.5 Å². The Morgan fingerprint density at radius 2 is 2.07 bits per heavy atom. The zero-order valence-corrected chi connectivity index (χ0v) is 11.7. The number of hydrogen-bond acceptors (Lipinski definition) is 5. The standard InChI is InChI=1S/C8H16NO3PS2/c1-4-11-13(10,12-5-2)9-8-14-6-7(3)15-8/h7H,4-6H2,1-3H3/b9-8+. The summed E-state index contributed by atoms with van der Waals surface area (Å²) in [6.45, 7) is 6.37. The molecular formula is C8H16NO3PS2. The van der Waals surface area contributed by atoms with Crippen molar-refractivity contribution in [2.45, 2.75) is 26.0 Å². The molecule has 0 amide bonds. The quantitative estimate of drug-likeness (QED) is 0.716. The van der Waals surface area contributed by atoms with Crippen LogP contribution in [0, 0.1) is 0 Å². The average molecular weight is 269 g/mol. The summed E-state index contributed by atoms with van der Waals surface area (Å²) in [5, 5.41) is 0.519. The molecule has 0 aromatic carbocycles. The van der Waals surface area contributed by atoms with Gasteiger partial charge < -0.3 is 0 Å². The first-order valence-electron chi connectivity index (χ1n) is 4.88. The second-order valence-corrected chi connectivity index (χ2v) is 7.26. The lowest BCUT2D eigenvalue weighted by Crippen LogP contribution is -1.95. The molecule has 7 heteroatoms. The van der Waals surface area contributed by atoms with Gasteiger partial charge in [0, 0.05) is 11.0 Å². The van der Waals surface area contributed by atoms with Crippen molar-refractivity contribution < 1.29 is 13.6 Å². The van der Waals surface area contributed by atoms with Crippen LogP contribution in [-0.4, -0.2) is 28.6 Å². The predicted molar refractivity (Wildman–Crippen MR) is 67.8 cm³/mol. The first-order valence-corrected chi connectivity index (χ1v) is 8.24. The Hall–Kier alpha value is 0.520. The van der Waals surface area contributed by atoms with Crippen molar-refractivity contribution >= 4 is 35.6 Å². The van der Waals surface area contributed by atoms with Gasteiger partial charge in [0.2, 0.25) is 0 Å². The number of rotatable bonds is 5. The molecule has 0 aromatic heterocycles. The highest BCUT2D eigenvalue weighted by molar-refractivity contribution is 8.42. The summed E-state index contributed by atoms with van der Waals surface area (Å²) in [6, 6.07) is 0. The van der Waals surface area contributed by atoms with Crippen LogP contribution in [0.1, 0.15) is 20.8 Å². The summed E-state index contributed by atoms with van der Waals surface area (Å²) in [4.78, 5) is 0. The molecule has 1 heterocycles. The number of hydrogen-bond donors (Lipinski definition) is 0. The zero-order valence-electron chi connectivity index (χ0n) is 9.13. The Labute approximate surface area is 99.2 Å². The van der Waals surface area contributed by atoms with Gasteiger partial charge in [0.1, 0.15) is 4.38 Å². The van der Waals surface area contributed by atoms with E-state index in [-0.39, 0.29) is 0 Å². The molecule has 1 saturated heterocycles. The monoisotopic (exact) mass is 269 g/mol. The van der Waals surface area contributed by atoms with Crippen molar-refractivity contribution in [1.82, 2.24) is 0 Å². The van der Waals surface area contributed by atoms with E-state index < -0.39 is 7.75 Å². The van der Waals surface area contributed by atoms with E-state index in [4.69, 9.17) is 9.05 Å². The summed E-state index contributed by atoms with van der Waals surface area (Å²) in [5.74, 6) is 1.00. The predicted octanol–water partition coefficient (Wildman–Crippen LogP) is 3.39. The maximum Gasteiger partial charge on any atom is 0.455 e. The van der Waals surface area contributed by atoms with Crippen LogP contribution in [0.4, 0.5) is 0 Å². The highest BCUT2D eigenvalue weighted by Gasteiger charge is 2.27. The molecular weight excluding hydrogens is 253 g/mol.